The molecule has 0 spiro atoms. The highest BCUT2D eigenvalue weighted by molar-refractivity contribution is 6.32. The van der Waals surface area contributed by atoms with Gasteiger partial charge in [-0.15, -0.1) is 0 Å². The fourth-order valence-electron chi connectivity index (χ4n) is 2.13. The van der Waals surface area contributed by atoms with Crippen molar-refractivity contribution in [2.75, 3.05) is 6.54 Å². The fraction of sp³-hybridized carbons (Fsp3) is 0.625. The average molecular weight is 268 g/mol. The van der Waals surface area contributed by atoms with Crippen LogP contribution in [0.1, 0.15) is 57.7 Å². The first-order chi connectivity index (χ1) is 8.35. The Kier molecular flexibility index (Phi) is 5.68. The van der Waals surface area contributed by atoms with E-state index >= 15 is 0 Å². The molecule has 0 fully saturated rings. The summed E-state index contributed by atoms with van der Waals surface area (Å²) < 4.78 is 0. The van der Waals surface area contributed by atoms with Gasteiger partial charge in [0.2, 0.25) is 0 Å². The Morgan fingerprint density at radius 2 is 1.94 bits per heavy atom. The van der Waals surface area contributed by atoms with Gasteiger partial charge in [-0.2, -0.15) is 0 Å². The van der Waals surface area contributed by atoms with Crippen LogP contribution in [0, 0.1) is 12.3 Å². The highest BCUT2D eigenvalue weighted by Crippen LogP contribution is 2.32. The molecule has 1 N–H and O–H groups in total. The third-order valence-electron chi connectivity index (χ3n) is 3.23. The molecule has 0 amide bonds. The standard InChI is InChI=1S/C16H26ClN/c1-6-18-14(10-11-16(3,4)5)13-9-7-8-12(2)15(13)17/h7-9,14,18H,6,10-11H2,1-5H3. The molecule has 102 valence electrons. The van der Waals surface area contributed by atoms with E-state index in [1.807, 2.05) is 0 Å². The molecular weight excluding hydrogens is 242 g/mol. The Bertz CT molecular complexity index is 379. The van der Waals surface area contributed by atoms with Gasteiger partial charge in [0, 0.05) is 11.1 Å². The first-order valence-corrected chi connectivity index (χ1v) is 7.21. The maximum absolute atomic E-state index is 6.43. The molecule has 0 aliphatic heterocycles. The topological polar surface area (TPSA) is 12.0 Å². The van der Waals surface area contributed by atoms with Crippen LogP contribution in [-0.4, -0.2) is 6.54 Å². The number of aryl methyl sites for hydroxylation is 1. The number of rotatable bonds is 5. The van der Waals surface area contributed by atoms with E-state index < -0.39 is 0 Å². The van der Waals surface area contributed by atoms with E-state index in [9.17, 15) is 0 Å². The lowest BCUT2D eigenvalue weighted by Gasteiger charge is -2.25. The number of nitrogens with one attached hydrogen (secondary N) is 1. The van der Waals surface area contributed by atoms with Crippen molar-refractivity contribution in [2.24, 2.45) is 5.41 Å². The van der Waals surface area contributed by atoms with E-state index in [1.54, 1.807) is 0 Å². The Morgan fingerprint density at radius 3 is 2.50 bits per heavy atom. The van der Waals surface area contributed by atoms with Crippen LogP contribution >= 0.6 is 11.6 Å². The van der Waals surface area contributed by atoms with Gasteiger partial charge in [-0.1, -0.05) is 57.5 Å². The normalized spacial score (nSPS) is 13.7. The van der Waals surface area contributed by atoms with Gasteiger partial charge in [0.05, 0.1) is 0 Å². The summed E-state index contributed by atoms with van der Waals surface area (Å²) >= 11 is 6.43. The SMILES string of the molecule is CCNC(CCC(C)(C)C)c1cccc(C)c1Cl. The van der Waals surface area contributed by atoms with Crippen molar-refractivity contribution in [2.45, 2.75) is 53.5 Å². The molecule has 0 aromatic heterocycles. The van der Waals surface area contributed by atoms with Crippen molar-refractivity contribution in [1.82, 2.24) is 5.32 Å². The van der Waals surface area contributed by atoms with Gasteiger partial charge < -0.3 is 5.32 Å². The average Bonchev–Trinajstić information content (AvgIpc) is 2.27. The summed E-state index contributed by atoms with van der Waals surface area (Å²) in [5, 5.41) is 4.47. The molecular formula is C16H26ClN. The zero-order valence-electron chi connectivity index (χ0n) is 12.3. The fourth-order valence-corrected chi connectivity index (χ4v) is 2.39. The van der Waals surface area contributed by atoms with E-state index in [0.29, 0.717) is 11.5 Å². The second kappa shape index (κ2) is 6.58. The van der Waals surface area contributed by atoms with Crippen LogP contribution in [-0.2, 0) is 0 Å². The van der Waals surface area contributed by atoms with Crippen LogP contribution in [0.15, 0.2) is 18.2 Å². The Morgan fingerprint density at radius 1 is 1.28 bits per heavy atom. The summed E-state index contributed by atoms with van der Waals surface area (Å²) in [5.74, 6) is 0. The molecule has 0 heterocycles. The monoisotopic (exact) mass is 267 g/mol. The Balaban J connectivity index is 2.87. The minimum Gasteiger partial charge on any atom is -0.310 e. The quantitative estimate of drug-likeness (QED) is 0.780. The van der Waals surface area contributed by atoms with E-state index in [0.717, 1.165) is 23.6 Å². The predicted octanol–water partition coefficient (Wildman–Crippen LogP) is 5.13. The van der Waals surface area contributed by atoms with Crippen molar-refractivity contribution in [1.29, 1.82) is 0 Å². The van der Waals surface area contributed by atoms with Crippen LogP contribution in [0.5, 0.6) is 0 Å². The van der Waals surface area contributed by atoms with Crippen LogP contribution in [0.2, 0.25) is 5.02 Å². The smallest absolute Gasteiger partial charge is 0.0482 e. The molecule has 1 unspecified atom stereocenters. The second-order valence-corrected chi connectivity index (χ2v) is 6.57. The van der Waals surface area contributed by atoms with Crippen LogP contribution in [0.3, 0.4) is 0 Å². The third kappa shape index (κ3) is 4.62. The lowest BCUT2D eigenvalue weighted by atomic mass is 9.87. The van der Waals surface area contributed by atoms with Gasteiger partial charge in [0.1, 0.15) is 0 Å². The molecule has 1 atom stereocenters. The first kappa shape index (κ1) is 15.5. The van der Waals surface area contributed by atoms with Crippen LogP contribution in [0.4, 0.5) is 0 Å². The molecule has 0 saturated heterocycles. The van der Waals surface area contributed by atoms with Crippen molar-refractivity contribution in [3.05, 3.63) is 34.3 Å². The number of benzene rings is 1. The summed E-state index contributed by atoms with van der Waals surface area (Å²) in [4.78, 5) is 0. The predicted molar refractivity (Wildman–Crippen MR) is 81.3 cm³/mol. The molecule has 1 rings (SSSR count). The largest absolute Gasteiger partial charge is 0.310 e. The lowest BCUT2D eigenvalue weighted by molar-refractivity contribution is 0.334. The van der Waals surface area contributed by atoms with Gasteiger partial charge in [0.15, 0.2) is 0 Å². The van der Waals surface area contributed by atoms with Gasteiger partial charge in [-0.3, -0.25) is 0 Å². The molecule has 18 heavy (non-hydrogen) atoms. The molecule has 0 bridgehead atoms. The summed E-state index contributed by atoms with van der Waals surface area (Å²) in [6.07, 6.45) is 2.31. The van der Waals surface area contributed by atoms with Crippen molar-refractivity contribution in [3.8, 4) is 0 Å². The number of hydrogen-bond acceptors (Lipinski definition) is 1. The summed E-state index contributed by atoms with van der Waals surface area (Å²) in [5.41, 5.74) is 2.76. The zero-order valence-corrected chi connectivity index (χ0v) is 13.1. The minimum absolute atomic E-state index is 0.363. The second-order valence-electron chi connectivity index (χ2n) is 6.19. The van der Waals surface area contributed by atoms with E-state index in [-0.39, 0.29) is 0 Å². The van der Waals surface area contributed by atoms with Crippen LogP contribution < -0.4 is 5.32 Å². The molecule has 0 saturated carbocycles. The van der Waals surface area contributed by atoms with Gasteiger partial charge in [0.25, 0.3) is 0 Å². The molecule has 1 aromatic carbocycles. The van der Waals surface area contributed by atoms with E-state index in [2.05, 4.69) is 58.1 Å². The summed E-state index contributed by atoms with van der Waals surface area (Å²) in [6.45, 7) is 12.0. The highest BCUT2D eigenvalue weighted by atomic mass is 35.5. The number of halogens is 1. The Hall–Kier alpha value is -0.530. The Labute approximate surface area is 117 Å². The van der Waals surface area contributed by atoms with Gasteiger partial charge in [-0.25, -0.2) is 0 Å². The maximum atomic E-state index is 6.43. The zero-order chi connectivity index (χ0) is 13.8. The van der Waals surface area contributed by atoms with Crippen molar-refractivity contribution >= 4 is 11.6 Å². The highest BCUT2D eigenvalue weighted by Gasteiger charge is 2.18. The first-order valence-electron chi connectivity index (χ1n) is 6.83. The molecule has 1 aromatic rings. The van der Waals surface area contributed by atoms with E-state index in [1.165, 1.54) is 12.0 Å². The minimum atomic E-state index is 0.363. The summed E-state index contributed by atoms with van der Waals surface area (Å²) in [6, 6.07) is 6.67. The van der Waals surface area contributed by atoms with E-state index in [4.69, 9.17) is 11.6 Å². The molecule has 1 nitrogen and oxygen atoms in total. The van der Waals surface area contributed by atoms with Gasteiger partial charge in [-0.05, 0) is 42.9 Å². The lowest BCUT2D eigenvalue weighted by Crippen LogP contribution is -2.23. The molecule has 0 aliphatic carbocycles. The van der Waals surface area contributed by atoms with Crippen molar-refractivity contribution in [3.63, 3.8) is 0 Å². The van der Waals surface area contributed by atoms with Gasteiger partial charge >= 0.3 is 0 Å². The third-order valence-corrected chi connectivity index (χ3v) is 3.75. The maximum Gasteiger partial charge on any atom is 0.0482 e. The number of hydrogen-bond donors (Lipinski definition) is 1. The van der Waals surface area contributed by atoms with Crippen LogP contribution in [0.25, 0.3) is 0 Å². The molecule has 0 aliphatic rings. The molecule has 2 heteroatoms. The summed E-state index contributed by atoms with van der Waals surface area (Å²) in [7, 11) is 0. The van der Waals surface area contributed by atoms with Crippen molar-refractivity contribution < 1.29 is 0 Å². The molecule has 0 radical (unpaired) electrons.